The Bertz CT molecular complexity index is 830. The summed E-state index contributed by atoms with van der Waals surface area (Å²) in [5.41, 5.74) is -0.623. The van der Waals surface area contributed by atoms with E-state index in [1.54, 1.807) is 6.20 Å². The van der Waals surface area contributed by atoms with Gasteiger partial charge in [0, 0.05) is 44.9 Å². The van der Waals surface area contributed by atoms with Gasteiger partial charge in [0.05, 0.1) is 5.60 Å². The first-order valence-corrected chi connectivity index (χ1v) is 9.30. The standard InChI is InChI=1S/C20H24F2N4O/c1-25(2)19-23-8-7-18(24-19)26-15-5-6-16(26)12-20(27,11-15)10-13-3-4-14(21)9-17(13)22/h3-4,7-9,15-16,27H,5-6,10-12H2,1-2H3. The molecule has 2 aliphatic heterocycles. The third-order valence-corrected chi connectivity index (χ3v) is 5.68. The molecule has 2 unspecified atom stereocenters. The molecule has 0 spiro atoms. The smallest absolute Gasteiger partial charge is 0.226 e. The lowest BCUT2D eigenvalue weighted by atomic mass is 9.81. The molecule has 0 saturated carbocycles. The summed E-state index contributed by atoms with van der Waals surface area (Å²) in [4.78, 5) is 13.1. The van der Waals surface area contributed by atoms with Gasteiger partial charge < -0.3 is 14.9 Å². The quantitative estimate of drug-likeness (QED) is 0.892. The fourth-order valence-corrected chi connectivity index (χ4v) is 4.56. The molecule has 1 N–H and O–H groups in total. The molecule has 0 radical (unpaired) electrons. The molecule has 5 nitrogen and oxygen atoms in total. The van der Waals surface area contributed by atoms with Crippen LogP contribution in [0.3, 0.4) is 0 Å². The van der Waals surface area contributed by atoms with Crippen LogP contribution >= 0.6 is 0 Å². The number of anilines is 2. The van der Waals surface area contributed by atoms with Gasteiger partial charge in [-0.3, -0.25) is 0 Å². The highest BCUT2D eigenvalue weighted by molar-refractivity contribution is 5.47. The van der Waals surface area contributed by atoms with Crippen molar-refractivity contribution >= 4 is 11.8 Å². The van der Waals surface area contributed by atoms with E-state index in [9.17, 15) is 13.9 Å². The van der Waals surface area contributed by atoms with Crippen molar-refractivity contribution in [2.45, 2.75) is 49.8 Å². The molecule has 7 heteroatoms. The van der Waals surface area contributed by atoms with Crippen LogP contribution < -0.4 is 9.80 Å². The summed E-state index contributed by atoms with van der Waals surface area (Å²) in [5, 5.41) is 11.2. The molecule has 0 amide bonds. The van der Waals surface area contributed by atoms with Gasteiger partial charge in [0.25, 0.3) is 0 Å². The molecule has 144 valence electrons. The zero-order chi connectivity index (χ0) is 19.2. The molecule has 2 fully saturated rings. The second-order valence-electron chi connectivity index (χ2n) is 7.95. The van der Waals surface area contributed by atoms with Gasteiger partial charge in [-0.2, -0.15) is 4.98 Å². The number of nitrogens with zero attached hydrogens (tertiary/aromatic N) is 4. The van der Waals surface area contributed by atoms with E-state index in [1.807, 2.05) is 25.1 Å². The lowest BCUT2D eigenvalue weighted by Crippen LogP contribution is -2.52. The molecule has 0 aliphatic carbocycles. The molecule has 1 aromatic carbocycles. The first-order valence-electron chi connectivity index (χ1n) is 9.30. The zero-order valence-corrected chi connectivity index (χ0v) is 15.6. The minimum absolute atomic E-state index is 0.155. The van der Waals surface area contributed by atoms with Crippen LogP contribution in [-0.4, -0.2) is 46.9 Å². The molecular weight excluding hydrogens is 350 g/mol. The number of fused-ring (bicyclic) bond motifs is 2. The van der Waals surface area contributed by atoms with Crippen LogP contribution in [-0.2, 0) is 6.42 Å². The molecule has 3 heterocycles. The second kappa shape index (κ2) is 6.71. The van der Waals surface area contributed by atoms with E-state index >= 15 is 0 Å². The van der Waals surface area contributed by atoms with Gasteiger partial charge in [-0.15, -0.1) is 0 Å². The Morgan fingerprint density at radius 1 is 1.19 bits per heavy atom. The summed E-state index contributed by atoms with van der Waals surface area (Å²) in [6, 6.07) is 5.78. The van der Waals surface area contributed by atoms with Crippen LogP contribution in [0.25, 0.3) is 0 Å². The number of piperidine rings is 1. The molecule has 4 rings (SSSR count). The summed E-state index contributed by atoms with van der Waals surface area (Å²) in [6.07, 6.45) is 4.99. The minimum Gasteiger partial charge on any atom is -0.389 e. The van der Waals surface area contributed by atoms with Crippen molar-refractivity contribution in [2.75, 3.05) is 23.9 Å². The SMILES string of the molecule is CN(C)c1nccc(N2C3CCC2CC(O)(Cc2ccc(F)cc2F)C3)n1. The van der Waals surface area contributed by atoms with Gasteiger partial charge in [-0.1, -0.05) is 6.07 Å². The predicted molar refractivity (Wildman–Crippen MR) is 99.9 cm³/mol. The van der Waals surface area contributed by atoms with E-state index in [0.717, 1.165) is 24.7 Å². The highest BCUT2D eigenvalue weighted by Gasteiger charge is 2.48. The lowest BCUT2D eigenvalue weighted by molar-refractivity contribution is 0.00128. The monoisotopic (exact) mass is 374 g/mol. The summed E-state index contributed by atoms with van der Waals surface area (Å²) in [7, 11) is 3.81. The number of halogens is 2. The van der Waals surface area contributed by atoms with E-state index in [2.05, 4.69) is 14.9 Å². The average Bonchev–Trinajstić information content (AvgIpc) is 2.90. The first-order chi connectivity index (χ1) is 12.8. The maximum atomic E-state index is 14.1. The third-order valence-electron chi connectivity index (χ3n) is 5.68. The molecule has 2 saturated heterocycles. The number of aromatic nitrogens is 2. The maximum Gasteiger partial charge on any atom is 0.226 e. The van der Waals surface area contributed by atoms with Crippen molar-refractivity contribution in [1.82, 2.24) is 9.97 Å². The lowest BCUT2D eigenvalue weighted by Gasteiger charge is -2.44. The van der Waals surface area contributed by atoms with Gasteiger partial charge in [-0.25, -0.2) is 13.8 Å². The Morgan fingerprint density at radius 3 is 2.52 bits per heavy atom. The van der Waals surface area contributed by atoms with Crippen molar-refractivity contribution in [2.24, 2.45) is 0 Å². The Balaban J connectivity index is 1.55. The Hall–Kier alpha value is -2.28. The van der Waals surface area contributed by atoms with Gasteiger partial charge in [0.1, 0.15) is 17.5 Å². The van der Waals surface area contributed by atoms with Gasteiger partial charge >= 0.3 is 0 Å². The number of aliphatic hydroxyl groups is 1. The largest absolute Gasteiger partial charge is 0.389 e. The van der Waals surface area contributed by atoms with Crippen LogP contribution in [0.15, 0.2) is 30.5 Å². The minimum atomic E-state index is -0.988. The third kappa shape index (κ3) is 3.48. The van der Waals surface area contributed by atoms with Crippen molar-refractivity contribution in [1.29, 1.82) is 0 Å². The van der Waals surface area contributed by atoms with Gasteiger partial charge in [-0.05, 0) is 43.4 Å². The first kappa shape index (κ1) is 18.1. The van der Waals surface area contributed by atoms with Crippen molar-refractivity contribution in [3.63, 3.8) is 0 Å². The fraction of sp³-hybridized carbons (Fsp3) is 0.500. The molecule has 2 atom stereocenters. The van der Waals surface area contributed by atoms with Crippen LogP contribution in [0.4, 0.5) is 20.5 Å². The van der Waals surface area contributed by atoms with E-state index < -0.39 is 17.2 Å². The van der Waals surface area contributed by atoms with Crippen molar-refractivity contribution in [3.8, 4) is 0 Å². The van der Waals surface area contributed by atoms with E-state index in [-0.39, 0.29) is 18.5 Å². The highest BCUT2D eigenvalue weighted by atomic mass is 19.1. The van der Waals surface area contributed by atoms with Crippen LogP contribution in [0.2, 0.25) is 0 Å². The van der Waals surface area contributed by atoms with Crippen LogP contribution in [0.5, 0.6) is 0 Å². The number of rotatable bonds is 4. The molecule has 2 bridgehead atoms. The molecular formula is C20H24F2N4O. The Labute approximate surface area is 157 Å². The highest BCUT2D eigenvalue weighted by Crippen LogP contribution is 2.44. The fourth-order valence-electron chi connectivity index (χ4n) is 4.56. The molecule has 27 heavy (non-hydrogen) atoms. The van der Waals surface area contributed by atoms with Crippen LogP contribution in [0, 0.1) is 11.6 Å². The predicted octanol–water partition coefficient (Wildman–Crippen LogP) is 2.93. The summed E-state index contributed by atoms with van der Waals surface area (Å²) in [5.74, 6) is 0.334. The van der Waals surface area contributed by atoms with Gasteiger partial charge in [0.2, 0.25) is 5.95 Å². The zero-order valence-electron chi connectivity index (χ0n) is 15.6. The molecule has 1 aromatic heterocycles. The van der Waals surface area contributed by atoms with E-state index in [0.29, 0.717) is 24.4 Å². The van der Waals surface area contributed by atoms with Crippen molar-refractivity contribution < 1.29 is 13.9 Å². The summed E-state index contributed by atoms with van der Waals surface area (Å²) >= 11 is 0. The van der Waals surface area contributed by atoms with E-state index in [1.165, 1.54) is 12.1 Å². The normalized spacial score (nSPS) is 27.1. The number of hydrogen-bond acceptors (Lipinski definition) is 5. The number of hydrogen-bond donors (Lipinski definition) is 1. The average molecular weight is 374 g/mol. The van der Waals surface area contributed by atoms with Crippen LogP contribution in [0.1, 0.15) is 31.2 Å². The summed E-state index contributed by atoms with van der Waals surface area (Å²) in [6.45, 7) is 0. The van der Waals surface area contributed by atoms with Gasteiger partial charge in [0.15, 0.2) is 0 Å². The summed E-state index contributed by atoms with van der Waals surface area (Å²) < 4.78 is 27.2. The second-order valence-corrected chi connectivity index (χ2v) is 7.95. The number of benzene rings is 1. The molecule has 2 aliphatic rings. The Kier molecular flexibility index (Phi) is 4.50. The van der Waals surface area contributed by atoms with Crippen molar-refractivity contribution in [3.05, 3.63) is 47.7 Å². The topological polar surface area (TPSA) is 52.5 Å². The maximum absolute atomic E-state index is 14.1. The molecule has 2 aromatic rings. The van der Waals surface area contributed by atoms with E-state index in [4.69, 9.17) is 0 Å². The Morgan fingerprint density at radius 2 is 1.89 bits per heavy atom.